The Kier molecular flexibility index (Phi) is 6.47. The molecule has 2 amide bonds. The quantitative estimate of drug-likeness (QED) is 0.878. The summed E-state index contributed by atoms with van der Waals surface area (Å²) in [5.74, 6) is 0.620. The van der Waals surface area contributed by atoms with E-state index >= 15 is 0 Å². The minimum atomic E-state index is -0.328. The molecule has 1 N–H and O–H groups in total. The van der Waals surface area contributed by atoms with Gasteiger partial charge in [-0.2, -0.15) is 0 Å². The second-order valence-corrected chi connectivity index (χ2v) is 7.00. The van der Waals surface area contributed by atoms with Gasteiger partial charge in [0, 0.05) is 25.6 Å². The summed E-state index contributed by atoms with van der Waals surface area (Å²) in [6.07, 6.45) is 2.40. The molecule has 0 bridgehead atoms. The zero-order valence-electron chi connectivity index (χ0n) is 15.7. The number of piperidine rings is 1. The Bertz CT molecular complexity index is 751. The van der Waals surface area contributed by atoms with Crippen molar-refractivity contribution in [2.24, 2.45) is 0 Å². The van der Waals surface area contributed by atoms with Gasteiger partial charge in [0.05, 0.1) is 0 Å². The number of hydrogen-bond donors (Lipinski definition) is 1. The van der Waals surface area contributed by atoms with Crippen LogP contribution in [0.2, 0.25) is 0 Å². The minimum absolute atomic E-state index is 0.0703. The minimum Gasteiger partial charge on any atom is -0.410 e. The first kappa shape index (κ1) is 19.0. The second kappa shape index (κ2) is 9.21. The zero-order valence-corrected chi connectivity index (χ0v) is 15.7. The van der Waals surface area contributed by atoms with Crippen molar-refractivity contribution in [1.82, 2.24) is 10.2 Å². The van der Waals surface area contributed by atoms with E-state index in [4.69, 9.17) is 4.74 Å². The maximum atomic E-state index is 12.2. The van der Waals surface area contributed by atoms with Crippen LogP contribution in [-0.2, 0) is 11.2 Å². The van der Waals surface area contributed by atoms with E-state index in [0.717, 1.165) is 19.3 Å². The van der Waals surface area contributed by atoms with E-state index in [-0.39, 0.29) is 18.0 Å². The van der Waals surface area contributed by atoms with Crippen LogP contribution in [0.5, 0.6) is 5.75 Å². The molecule has 0 spiro atoms. The lowest BCUT2D eigenvalue weighted by Gasteiger charge is -2.31. The number of nitrogens with one attached hydrogen (secondary N) is 1. The summed E-state index contributed by atoms with van der Waals surface area (Å²) in [5.41, 5.74) is 2.40. The molecule has 1 saturated heterocycles. The Balaban J connectivity index is 1.38. The van der Waals surface area contributed by atoms with Crippen molar-refractivity contribution < 1.29 is 14.3 Å². The fourth-order valence-corrected chi connectivity index (χ4v) is 3.17. The number of aryl methyl sites for hydroxylation is 2. The largest absolute Gasteiger partial charge is 0.415 e. The molecule has 2 aromatic rings. The van der Waals surface area contributed by atoms with Gasteiger partial charge in [0.2, 0.25) is 5.91 Å². The Morgan fingerprint density at radius 3 is 2.37 bits per heavy atom. The SMILES string of the molecule is Cc1ccc(CCC(=O)NC2CCN(C(=O)Oc3ccccc3)CC2)cc1. The topological polar surface area (TPSA) is 58.6 Å². The zero-order chi connectivity index (χ0) is 19.1. The van der Waals surface area contributed by atoms with E-state index in [9.17, 15) is 9.59 Å². The van der Waals surface area contributed by atoms with Gasteiger partial charge in [-0.25, -0.2) is 4.79 Å². The molecule has 1 aliphatic heterocycles. The summed E-state index contributed by atoms with van der Waals surface area (Å²) in [6, 6.07) is 17.5. The molecule has 2 aromatic carbocycles. The van der Waals surface area contributed by atoms with Gasteiger partial charge >= 0.3 is 6.09 Å². The molecule has 5 nitrogen and oxygen atoms in total. The molecule has 5 heteroatoms. The predicted molar refractivity (Wildman–Crippen MR) is 105 cm³/mol. The van der Waals surface area contributed by atoms with Crippen LogP contribution < -0.4 is 10.1 Å². The molecule has 0 saturated carbocycles. The standard InChI is InChI=1S/C22H26N2O3/c1-17-7-9-18(10-8-17)11-12-21(25)23-19-13-15-24(16-14-19)22(26)27-20-5-3-2-4-6-20/h2-10,19H,11-16H2,1H3,(H,23,25). The summed E-state index contributed by atoms with van der Waals surface area (Å²) in [5, 5.41) is 3.09. The number of para-hydroxylation sites is 1. The maximum absolute atomic E-state index is 12.2. The normalized spacial score (nSPS) is 14.6. The molecule has 0 aromatic heterocycles. The van der Waals surface area contributed by atoms with Crippen molar-refractivity contribution in [2.45, 2.75) is 38.6 Å². The average Bonchev–Trinajstić information content (AvgIpc) is 2.69. The average molecular weight is 366 g/mol. The van der Waals surface area contributed by atoms with Crippen molar-refractivity contribution in [3.05, 3.63) is 65.7 Å². The number of benzene rings is 2. The van der Waals surface area contributed by atoms with Crippen LogP contribution in [-0.4, -0.2) is 36.0 Å². The fraction of sp³-hybridized carbons (Fsp3) is 0.364. The molecule has 0 aliphatic carbocycles. The molecule has 3 rings (SSSR count). The van der Waals surface area contributed by atoms with Gasteiger partial charge in [-0.05, 0) is 43.9 Å². The number of hydrogen-bond acceptors (Lipinski definition) is 3. The lowest BCUT2D eigenvalue weighted by molar-refractivity contribution is -0.122. The van der Waals surface area contributed by atoms with Crippen LogP contribution in [0, 0.1) is 6.92 Å². The van der Waals surface area contributed by atoms with E-state index in [1.165, 1.54) is 11.1 Å². The van der Waals surface area contributed by atoms with Crippen molar-refractivity contribution >= 4 is 12.0 Å². The number of carbonyl (C=O) groups is 2. The number of rotatable bonds is 5. The van der Waals surface area contributed by atoms with E-state index in [1.807, 2.05) is 18.2 Å². The van der Waals surface area contributed by atoms with Crippen molar-refractivity contribution in [1.29, 1.82) is 0 Å². The summed E-state index contributed by atoms with van der Waals surface area (Å²) < 4.78 is 5.37. The molecular formula is C22H26N2O3. The lowest BCUT2D eigenvalue weighted by atomic mass is 10.0. The van der Waals surface area contributed by atoms with Crippen molar-refractivity contribution in [3.8, 4) is 5.75 Å². The van der Waals surface area contributed by atoms with Crippen LogP contribution in [0.1, 0.15) is 30.4 Å². The first-order chi connectivity index (χ1) is 13.1. The first-order valence-electron chi connectivity index (χ1n) is 9.47. The van der Waals surface area contributed by atoms with Gasteiger partial charge in [-0.3, -0.25) is 4.79 Å². The van der Waals surface area contributed by atoms with E-state index < -0.39 is 0 Å². The number of likely N-dealkylation sites (tertiary alicyclic amines) is 1. The number of ether oxygens (including phenoxy) is 1. The Morgan fingerprint density at radius 2 is 1.70 bits per heavy atom. The van der Waals surface area contributed by atoms with Gasteiger partial charge in [-0.1, -0.05) is 48.0 Å². The highest BCUT2D eigenvalue weighted by molar-refractivity contribution is 5.76. The van der Waals surface area contributed by atoms with E-state index in [0.29, 0.717) is 25.3 Å². The number of amides is 2. The molecule has 1 heterocycles. The third-order valence-electron chi connectivity index (χ3n) is 4.83. The highest BCUT2D eigenvalue weighted by Gasteiger charge is 2.25. The summed E-state index contributed by atoms with van der Waals surface area (Å²) in [6.45, 7) is 3.24. The Labute approximate surface area is 160 Å². The highest BCUT2D eigenvalue weighted by atomic mass is 16.6. The molecule has 0 unspecified atom stereocenters. The van der Waals surface area contributed by atoms with Crippen LogP contribution in [0.4, 0.5) is 4.79 Å². The predicted octanol–water partition coefficient (Wildman–Crippen LogP) is 3.71. The highest BCUT2D eigenvalue weighted by Crippen LogP contribution is 2.15. The van der Waals surface area contributed by atoms with Gasteiger partial charge in [0.1, 0.15) is 5.75 Å². The smallest absolute Gasteiger partial charge is 0.410 e. The van der Waals surface area contributed by atoms with E-state index in [1.54, 1.807) is 17.0 Å². The maximum Gasteiger partial charge on any atom is 0.415 e. The van der Waals surface area contributed by atoms with Crippen LogP contribution in [0.3, 0.4) is 0 Å². The van der Waals surface area contributed by atoms with Gasteiger partial charge in [0.15, 0.2) is 0 Å². The van der Waals surface area contributed by atoms with Crippen molar-refractivity contribution in [2.75, 3.05) is 13.1 Å². The number of nitrogens with zero attached hydrogens (tertiary/aromatic N) is 1. The van der Waals surface area contributed by atoms with Gasteiger partial charge in [-0.15, -0.1) is 0 Å². The Hall–Kier alpha value is -2.82. The molecule has 0 atom stereocenters. The van der Waals surface area contributed by atoms with Crippen LogP contribution >= 0.6 is 0 Å². The monoisotopic (exact) mass is 366 g/mol. The van der Waals surface area contributed by atoms with E-state index in [2.05, 4.69) is 36.5 Å². The van der Waals surface area contributed by atoms with Crippen molar-refractivity contribution in [3.63, 3.8) is 0 Å². The molecule has 0 radical (unpaired) electrons. The molecule has 142 valence electrons. The first-order valence-corrected chi connectivity index (χ1v) is 9.47. The molecule has 1 fully saturated rings. The third kappa shape index (κ3) is 5.84. The summed E-state index contributed by atoms with van der Waals surface area (Å²) in [4.78, 5) is 26.1. The summed E-state index contributed by atoms with van der Waals surface area (Å²) in [7, 11) is 0. The fourth-order valence-electron chi connectivity index (χ4n) is 3.17. The third-order valence-corrected chi connectivity index (χ3v) is 4.83. The van der Waals surface area contributed by atoms with Crippen LogP contribution in [0.25, 0.3) is 0 Å². The molecule has 1 aliphatic rings. The van der Waals surface area contributed by atoms with Gasteiger partial charge < -0.3 is 15.0 Å². The van der Waals surface area contributed by atoms with Crippen LogP contribution in [0.15, 0.2) is 54.6 Å². The Morgan fingerprint density at radius 1 is 1.04 bits per heavy atom. The van der Waals surface area contributed by atoms with Gasteiger partial charge in [0.25, 0.3) is 0 Å². The number of carbonyl (C=O) groups excluding carboxylic acids is 2. The lowest BCUT2D eigenvalue weighted by Crippen LogP contribution is -2.47. The second-order valence-electron chi connectivity index (χ2n) is 7.00. The summed E-state index contributed by atoms with van der Waals surface area (Å²) >= 11 is 0. The molecule has 27 heavy (non-hydrogen) atoms. The molecular weight excluding hydrogens is 340 g/mol.